The van der Waals surface area contributed by atoms with E-state index < -0.39 is 0 Å². The number of hydrazine groups is 1. The highest BCUT2D eigenvalue weighted by Crippen LogP contribution is 2.24. The number of nitrogens with two attached hydrogens (primary N) is 2. The summed E-state index contributed by atoms with van der Waals surface area (Å²) in [7, 11) is 1.57. The minimum Gasteiger partial charge on any atom is -0.497 e. The second-order valence-electron chi connectivity index (χ2n) is 8.01. The molecule has 1 amide bonds. The summed E-state index contributed by atoms with van der Waals surface area (Å²) in [5.74, 6) is 6.66. The largest absolute Gasteiger partial charge is 0.497 e. The molecule has 0 saturated carbocycles. The number of hydrogen-bond donors (Lipinski definition) is 4. The van der Waals surface area contributed by atoms with E-state index in [2.05, 4.69) is 29.4 Å². The molecule has 0 aliphatic carbocycles. The van der Waals surface area contributed by atoms with Gasteiger partial charge in [-0.3, -0.25) is 14.7 Å². The molecule has 0 spiro atoms. The first-order valence-electron chi connectivity index (χ1n) is 11.6. The van der Waals surface area contributed by atoms with Gasteiger partial charge in [0.25, 0.3) is 5.91 Å². The van der Waals surface area contributed by atoms with Crippen molar-refractivity contribution in [1.29, 1.82) is 0 Å². The Morgan fingerprint density at radius 1 is 0.943 bits per heavy atom. The van der Waals surface area contributed by atoms with E-state index in [1.165, 1.54) is 5.01 Å². The molecule has 0 saturated heterocycles. The highest BCUT2D eigenvalue weighted by molar-refractivity contribution is 6.04. The summed E-state index contributed by atoms with van der Waals surface area (Å²) < 4.78 is 5.20. The highest BCUT2D eigenvalue weighted by Gasteiger charge is 2.09. The molecule has 3 aromatic rings. The van der Waals surface area contributed by atoms with Gasteiger partial charge < -0.3 is 21.1 Å². The first kappa shape index (κ1) is 25.6. The van der Waals surface area contributed by atoms with Crippen LogP contribution in [0.1, 0.15) is 24.2 Å². The number of anilines is 4. The van der Waals surface area contributed by atoms with Gasteiger partial charge in [0.2, 0.25) is 0 Å². The van der Waals surface area contributed by atoms with E-state index in [-0.39, 0.29) is 5.91 Å². The number of nitrogens with zero attached hydrogens (tertiary/aromatic N) is 2. The molecule has 0 fully saturated rings. The first-order chi connectivity index (χ1) is 16.9. The van der Waals surface area contributed by atoms with Crippen LogP contribution >= 0.6 is 0 Å². The summed E-state index contributed by atoms with van der Waals surface area (Å²) in [4.78, 5) is 14.9. The second-order valence-corrected chi connectivity index (χ2v) is 8.01. The van der Waals surface area contributed by atoms with Crippen LogP contribution in [0.15, 0.2) is 84.7 Å². The van der Waals surface area contributed by atoms with Crippen LogP contribution in [-0.2, 0) is 0 Å². The smallest absolute Gasteiger partial charge is 0.255 e. The normalized spacial score (nSPS) is 11.3. The van der Waals surface area contributed by atoms with Crippen LogP contribution in [0.5, 0.6) is 5.75 Å². The topological polar surface area (TPSA) is 109 Å². The second kappa shape index (κ2) is 12.5. The molecule has 6 N–H and O–H groups in total. The Morgan fingerprint density at radius 3 is 2.31 bits per heavy atom. The number of carbonyl (C=O) groups is 1. The number of carbonyl (C=O) groups excluding carboxylic acids is 1. The van der Waals surface area contributed by atoms with Crippen LogP contribution in [-0.4, -0.2) is 37.6 Å². The highest BCUT2D eigenvalue weighted by atomic mass is 16.5. The maximum atomic E-state index is 12.6. The van der Waals surface area contributed by atoms with E-state index in [1.807, 2.05) is 48.5 Å². The average molecular weight is 475 g/mol. The summed E-state index contributed by atoms with van der Waals surface area (Å²) in [6.07, 6.45) is 1.74. The molecule has 3 rings (SSSR count). The molecule has 0 unspecified atom stereocenters. The zero-order chi connectivity index (χ0) is 25.2. The number of hydrogen-bond acceptors (Lipinski definition) is 7. The average Bonchev–Trinajstić information content (AvgIpc) is 2.87. The number of rotatable bonds is 11. The van der Waals surface area contributed by atoms with Gasteiger partial charge in [-0.1, -0.05) is 32.0 Å². The van der Waals surface area contributed by atoms with Gasteiger partial charge in [-0.15, -0.1) is 0 Å². The predicted octanol–water partition coefficient (Wildman–Crippen LogP) is 4.51. The maximum absolute atomic E-state index is 12.6. The van der Waals surface area contributed by atoms with Crippen LogP contribution in [0, 0.1) is 0 Å². The number of amides is 1. The van der Waals surface area contributed by atoms with Gasteiger partial charge in [-0.05, 0) is 67.7 Å². The monoisotopic (exact) mass is 474 g/mol. The SMILES string of the molecule is CCN(CC)C/C(N)=C/N(N)c1cccc(Nc2cccc(NC(=O)c3cccc(OC)c3)c2)c1. The number of methoxy groups -OCH3 is 1. The lowest BCUT2D eigenvalue weighted by Gasteiger charge is -2.21. The molecule has 8 heteroatoms. The molecule has 0 aliphatic heterocycles. The van der Waals surface area contributed by atoms with Crippen molar-refractivity contribution in [2.45, 2.75) is 13.8 Å². The van der Waals surface area contributed by atoms with E-state index >= 15 is 0 Å². The van der Waals surface area contributed by atoms with Crippen LogP contribution in [0.4, 0.5) is 22.7 Å². The van der Waals surface area contributed by atoms with Crippen molar-refractivity contribution < 1.29 is 9.53 Å². The van der Waals surface area contributed by atoms with Crippen LogP contribution in [0.25, 0.3) is 0 Å². The molecule has 184 valence electrons. The van der Waals surface area contributed by atoms with E-state index in [9.17, 15) is 4.79 Å². The van der Waals surface area contributed by atoms with Gasteiger partial charge in [0, 0.05) is 41.1 Å². The summed E-state index contributed by atoms with van der Waals surface area (Å²) in [6.45, 7) is 6.71. The maximum Gasteiger partial charge on any atom is 0.255 e. The molecule has 0 atom stereocenters. The first-order valence-corrected chi connectivity index (χ1v) is 11.6. The Morgan fingerprint density at radius 2 is 1.60 bits per heavy atom. The third-order valence-electron chi connectivity index (χ3n) is 5.49. The minimum atomic E-state index is -0.212. The Hall–Kier alpha value is -4.01. The van der Waals surface area contributed by atoms with Gasteiger partial charge in [0.05, 0.1) is 12.8 Å². The fourth-order valence-electron chi connectivity index (χ4n) is 3.55. The van der Waals surface area contributed by atoms with Crippen molar-refractivity contribution in [3.63, 3.8) is 0 Å². The standard InChI is InChI=1S/C27H34N6O2/c1-4-32(5-2)18-21(28)19-33(29)25-13-8-12-24(17-25)30-22-10-7-11-23(16-22)31-27(34)20-9-6-14-26(15-20)35-3/h6-17,19,30H,4-5,18,28-29H2,1-3H3,(H,31,34)/b21-19-. The molecular formula is C27H34N6O2. The van der Waals surface area contributed by atoms with Gasteiger partial charge in [-0.25, -0.2) is 5.84 Å². The zero-order valence-corrected chi connectivity index (χ0v) is 20.5. The lowest BCUT2D eigenvalue weighted by molar-refractivity contribution is 0.102. The number of ether oxygens (including phenoxy) is 1. The lowest BCUT2D eigenvalue weighted by Crippen LogP contribution is -2.31. The molecule has 35 heavy (non-hydrogen) atoms. The number of benzene rings is 3. The summed E-state index contributed by atoms with van der Waals surface area (Å²) in [5, 5.41) is 7.81. The van der Waals surface area contributed by atoms with Gasteiger partial charge in [-0.2, -0.15) is 0 Å². The van der Waals surface area contributed by atoms with Crippen LogP contribution < -0.4 is 32.0 Å². The summed E-state index contributed by atoms with van der Waals surface area (Å²) in [5.41, 5.74) is 10.5. The minimum absolute atomic E-state index is 0.212. The van der Waals surface area contributed by atoms with E-state index in [4.69, 9.17) is 16.3 Å². The van der Waals surface area contributed by atoms with Crippen molar-refractivity contribution in [3.05, 3.63) is 90.3 Å². The van der Waals surface area contributed by atoms with E-state index in [0.717, 1.165) is 30.2 Å². The van der Waals surface area contributed by atoms with Crippen molar-refractivity contribution in [3.8, 4) is 5.75 Å². The Balaban J connectivity index is 1.68. The Bertz CT molecular complexity index is 1160. The summed E-state index contributed by atoms with van der Waals surface area (Å²) in [6, 6.07) is 22.2. The molecule has 0 heterocycles. The molecule has 3 aromatic carbocycles. The molecule has 0 bridgehead atoms. The molecule has 0 aromatic heterocycles. The van der Waals surface area contributed by atoms with Gasteiger partial charge in [0.1, 0.15) is 5.75 Å². The van der Waals surface area contributed by atoms with Crippen molar-refractivity contribution in [2.75, 3.05) is 42.4 Å². The molecule has 8 nitrogen and oxygen atoms in total. The molecule has 0 aliphatic rings. The van der Waals surface area contributed by atoms with Crippen LogP contribution in [0.3, 0.4) is 0 Å². The Kier molecular flexibility index (Phi) is 9.11. The quantitative estimate of drug-likeness (QED) is 0.239. The van der Waals surface area contributed by atoms with Crippen molar-refractivity contribution in [1.82, 2.24) is 4.90 Å². The third-order valence-corrected chi connectivity index (χ3v) is 5.49. The third kappa shape index (κ3) is 7.49. The Labute approximate surface area is 207 Å². The number of likely N-dealkylation sites (N-methyl/N-ethyl adjacent to an activating group) is 1. The predicted molar refractivity (Wildman–Crippen MR) is 144 cm³/mol. The zero-order valence-electron chi connectivity index (χ0n) is 20.5. The van der Waals surface area contributed by atoms with Gasteiger partial charge in [0.15, 0.2) is 0 Å². The van der Waals surface area contributed by atoms with Gasteiger partial charge >= 0.3 is 0 Å². The molecular weight excluding hydrogens is 440 g/mol. The van der Waals surface area contributed by atoms with E-state index in [1.54, 1.807) is 37.6 Å². The fraction of sp³-hybridized carbons (Fsp3) is 0.222. The van der Waals surface area contributed by atoms with Crippen molar-refractivity contribution >= 4 is 28.7 Å². The van der Waals surface area contributed by atoms with E-state index in [0.29, 0.717) is 29.2 Å². The van der Waals surface area contributed by atoms with Crippen LogP contribution in [0.2, 0.25) is 0 Å². The lowest BCUT2D eigenvalue weighted by atomic mass is 10.2. The summed E-state index contributed by atoms with van der Waals surface area (Å²) >= 11 is 0. The number of nitrogens with one attached hydrogen (secondary N) is 2. The fourth-order valence-corrected chi connectivity index (χ4v) is 3.55. The van der Waals surface area contributed by atoms with Crippen molar-refractivity contribution in [2.24, 2.45) is 11.6 Å². The molecule has 0 radical (unpaired) electrons.